The lowest BCUT2D eigenvalue weighted by molar-refractivity contribution is 0.419. The number of hydrogen-bond donors (Lipinski definition) is 1. The molecule has 0 saturated heterocycles. The van der Waals surface area contributed by atoms with Crippen molar-refractivity contribution in [1.82, 2.24) is 4.98 Å². The normalized spacial score (nSPS) is 10.4. The Bertz CT molecular complexity index is 533. The second-order valence-electron chi connectivity index (χ2n) is 2.85. The third-order valence-electron chi connectivity index (χ3n) is 2.07. The van der Waals surface area contributed by atoms with Crippen LogP contribution in [0.15, 0.2) is 33.7 Å². The van der Waals surface area contributed by atoms with Gasteiger partial charge in [-0.3, -0.25) is 4.79 Å². The third kappa shape index (κ3) is 1.32. The molecule has 2 rings (SSSR count). The molecule has 0 aliphatic rings. The fourth-order valence-electron chi connectivity index (χ4n) is 1.42. The van der Waals surface area contributed by atoms with Crippen LogP contribution in [0.25, 0.3) is 10.8 Å². The van der Waals surface area contributed by atoms with E-state index in [1.807, 2.05) is 12.1 Å². The summed E-state index contributed by atoms with van der Waals surface area (Å²) in [5.41, 5.74) is -0.117. The van der Waals surface area contributed by atoms with Crippen LogP contribution in [0.2, 0.25) is 0 Å². The average molecular weight is 254 g/mol. The van der Waals surface area contributed by atoms with E-state index >= 15 is 0 Å². The molecule has 2 aromatic rings. The van der Waals surface area contributed by atoms with Crippen LogP contribution in [0, 0.1) is 0 Å². The first-order valence-corrected chi connectivity index (χ1v) is 4.87. The molecule has 14 heavy (non-hydrogen) atoms. The van der Waals surface area contributed by atoms with Crippen molar-refractivity contribution < 1.29 is 4.74 Å². The van der Waals surface area contributed by atoms with Crippen molar-refractivity contribution >= 4 is 26.7 Å². The van der Waals surface area contributed by atoms with Gasteiger partial charge in [-0.15, -0.1) is 0 Å². The summed E-state index contributed by atoms with van der Waals surface area (Å²) >= 11 is 3.34. The van der Waals surface area contributed by atoms with Gasteiger partial charge in [0.25, 0.3) is 5.56 Å². The van der Waals surface area contributed by atoms with Crippen molar-refractivity contribution in [2.45, 2.75) is 0 Å². The largest absolute Gasteiger partial charge is 0.496 e. The molecule has 3 nitrogen and oxygen atoms in total. The molecule has 1 aromatic carbocycles. The summed E-state index contributed by atoms with van der Waals surface area (Å²) in [5, 5.41) is 1.43. The Morgan fingerprint density at radius 2 is 2.14 bits per heavy atom. The minimum Gasteiger partial charge on any atom is -0.496 e. The Hall–Kier alpha value is -1.29. The second-order valence-corrected chi connectivity index (χ2v) is 3.70. The molecule has 0 aliphatic heterocycles. The number of aromatic amines is 1. The third-order valence-corrected chi connectivity index (χ3v) is 2.73. The zero-order valence-electron chi connectivity index (χ0n) is 7.50. The zero-order valence-corrected chi connectivity index (χ0v) is 9.09. The first kappa shape index (κ1) is 9.27. The molecule has 0 saturated carbocycles. The van der Waals surface area contributed by atoms with Crippen molar-refractivity contribution in [2.24, 2.45) is 0 Å². The molecule has 0 unspecified atom stereocenters. The quantitative estimate of drug-likeness (QED) is 0.848. The Balaban J connectivity index is 2.99. The van der Waals surface area contributed by atoms with Crippen LogP contribution in [0.4, 0.5) is 0 Å². The van der Waals surface area contributed by atoms with Crippen molar-refractivity contribution in [3.05, 3.63) is 39.2 Å². The van der Waals surface area contributed by atoms with E-state index in [0.717, 1.165) is 9.86 Å². The number of nitrogens with one attached hydrogen (secondary N) is 1. The maximum atomic E-state index is 11.5. The molecule has 0 aliphatic carbocycles. The minimum atomic E-state index is -0.117. The second kappa shape index (κ2) is 3.46. The Kier molecular flexibility index (Phi) is 2.29. The number of ether oxygens (including phenoxy) is 1. The highest BCUT2D eigenvalue weighted by molar-refractivity contribution is 9.10. The number of hydrogen-bond acceptors (Lipinski definition) is 2. The molecule has 4 heteroatoms. The van der Waals surface area contributed by atoms with Gasteiger partial charge in [-0.1, -0.05) is 0 Å². The van der Waals surface area contributed by atoms with Gasteiger partial charge in [-0.2, -0.15) is 0 Å². The van der Waals surface area contributed by atoms with E-state index in [1.54, 1.807) is 19.4 Å². The van der Waals surface area contributed by atoms with Gasteiger partial charge in [0.2, 0.25) is 0 Å². The van der Waals surface area contributed by atoms with Crippen LogP contribution in [0.5, 0.6) is 5.75 Å². The van der Waals surface area contributed by atoms with Crippen LogP contribution in [0.1, 0.15) is 0 Å². The van der Waals surface area contributed by atoms with Crippen molar-refractivity contribution in [1.29, 1.82) is 0 Å². The zero-order chi connectivity index (χ0) is 10.1. The summed E-state index contributed by atoms with van der Waals surface area (Å²) in [6, 6.07) is 5.45. The molecule has 1 heterocycles. The number of aromatic nitrogens is 1. The van der Waals surface area contributed by atoms with Crippen LogP contribution in [-0.2, 0) is 0 Å². The van der Waals surface area contributed by atoms with Gasteiger partial charge < -0.3 is 9.72 Å². The lowest BCUT2D eigenvalue weighted by Gasteiger charge is -2.05. The molecule has 0 fully saturated rings. The number of H-pyrrole nitrogens is 1. The van der Waals surface area contributed by atoms with Gasteiger partial charge in [-0.05, 0) is 34.1 Å². The Labute approximate surface area is 88.8 Å². The maximum Gasteiger partial charge on any atom is 0.257 e. The van der Waals surface area contributed by atoms with E-state index < -0.39 is 0 Å². The van der Waals surface area contributed by atoms with Gasteiger partial charge in [-0.25, -0.2) is 0 Å². The predicted molar refractivity (Wildman–Crippen MR) is 58.8 cm³/mol. The van der Waals surface area contributed by atoms with E-state index in [-0.39, 0.29) is 5.56 Å². The Morgan fingerprint density at radius 1 is 1.36 bits per heavy atom. The topological polar surface area (TPSA) is 42.1 Å². The van der Waals surface area contributed by atoms with E-state index in [4.69, 9.17) is 4.74 Å². The smallest absolute Gasteiger partial charge is 0.257 e. The van der Waals surface area contributed by atoms with Gasteiger partial charge in [0, 0.05) is 16.1 Å². The number of rotatable bonds is 1. The molecule has 0 atom stereocenters. The molecule has 72 valence electrons. The summed E-state index contributed by atoms with van der Waals surface area (Å²) in [5.74, 6) is 0.703. The highest BCUT2D eigenvalue weighted by Gasteiger charge is 2.06. The van der Waals surface area contributed by atoms with Gasteiger partial charge in [0.1, 0.15) is 5.75 Å². The lowest BCUT2D eigenvalue weighted by atomic mass is 10.1. The highest BCUT2D eigenvalue weighted by Crippen LogP contribution is 2.28. The predicted octanol–water partition coefficient (Wildman–Crippen LogP) is 2.30. The maximum absolute atomic E-state index is 11.5. The number of methoxy groups -OCH3 is 1. The van der Waals surface area contributed by atoms with E-state index in [1.165, 1.54) is 0 Å². The number of fused-ring (bicyclic) bond motifs is 1. The van der Waals surface area contributed by atoms with Gasteiger partial charge >= 0.3 is 0 Å². The van der Waals surface area contributed by atoms with Crippen molar-refractivity contribution in [2.75, 3.05) is 7.11 Å². The van der Waals surface area contributed by atoms with E-state index in [2.05, 4.69) is 20.9 Å². The van der Waals surface area contributed by atoms with Crippen LogP contribution in [0.3, 0.4) is 0 Å². The summed E-state index contributed by atoms with van der Waals surface area (Å²) < 4.78 is 5.94. The van der Waals surface area contributed by atoms with Gasteiger partial charge in [0.05, 0.1) is 12.5 Å². The molecular formula is C10H8BrNO2. The molecule has 0 radical (unpaired) electrons. The first-order chi connectivity index (χ1) is 6.74. The monoisotopic (exact) mass is 253 g/mol. The minimum absolute atomic E-state index is 0.117. The molecule has 0 amide bonds. The first-order valence-electron chi connectivity index (χ1n) is 4.08. The van der Waals surface area contributed by atoms with Crippen molar-refractivity contribution in [3.63, 3.8) is 0 Å². The SMILES string of the molecule is COc1ccc(Br)c2c(=O)[nH]ccc12. The molecule has 1 aromatic heterocycles. The number of halogens is 1. The van der Waals surface area contributed by atoms with Crippen LogP contribution in [-0.4, -0.2) is 12.1 Å². The Morgan fingerprint density at radius 3 is 2.86 bits per heavy atom. The number of benzene rings is 1. The molecule has 0 spiro atoms. The fraction of sp³-hybridized carbons (Fsp3) is 0.100. The average Bonchev–Trinajstić information content (AvgIpc) is 2.18. The fourth-order valence-corrected chi connectivity index (χ4v) is 1.95. The lowest BCUT2D eigenvalue weighted by Crippen LogP contribution is -2.05. The van der Waals surface area contributed by atoms with Gasteiger partial charge in [0.15, 0.2) is 0 Å². The molecular weight excluding hydrogens is 246 g/mol. The highest BCUT2D eigenvalue weighted by atomic mass is 79.9. The molecule has 0 bridgehead atoms. The van der Waals surface area contributed by atoms with E-state index in [9.17, 15) is 4.79 Å². The molecule has 1 N–H and O–H groups in total. The van der Waals surface area contributed by atoms with Crippen LogP contribution >= 0.6 is 15.9 Å². The summed E-state index contributed by atoms with van der Waals surface area (Å²) in [7, 11) is 1.59. The standard InChI is InChI=1S/C10H8BrNO2/c1-14-8-3-2-7(11)9-6(8)4-5-12-10(9)13/h2-5H,1H3,(H,12,13). The van der Waals surface area contributed by atoms with E-state index in [0.29, 0.717) is 11.1 Å². The van der Waals surface area contributed by atoms with Crippen LogP contribution < -0.4 is 10.3 Å². The van der Waals surface area contributed by atoms with Crippen molar-refractivity contribution in [3.8, 4) is 5.75 Å². The summed E-state index contributed by atoms with van der Waals surface area (Å²) in [6.45, 7) is 0. The summed E-state index contributed by atoms with van der Waals surface area (Å²) in [4.78, 5) is 14.2. The number of pyridine rings is 1. The summed E-state index contributed by atoms with van der Waals surface area (Å²) in [6.07, 6.45) is 1.61.